The molecule has 0 saturated heterocycles. The maximum atomic E-state index is 13.6. The predicted octanol–water partition coefficient (Wildman–Crippen LogP) is 6.15. The first-order chi connectivity index (χ1) is 19.7. The fourth-order valence-electron chi connectivity index (χ4n) is 5.06. The van der Waals surface area contributed by atoms with Crippen molar-refractivity contribution in [1.29, 1.82) is 0 Å². The number of urea groups is 1. The van der Waals surface area contributed by atoms with E-state index in [-0.39, 0.29) is 18.6 Å². The number of hydrogen-bond donors (Lipinski definition) is 4. The molecular formula is C32H36BrN3O5. The molecule has 0 aromatic heterocycles. The van der Waals surface area contributed by atoms with Gasteiger partial charge in [-0.1, -0.05) is 71.6 Å². The van der Waals surface area contributed by atoms with Gasteiger partial charge in [-0.25, -0.2) is 9.59 Å². The number of aliphatic carboxylic acids is 1. The maximum absolute atomic E-state index is 13.6. The Hall–Kier alpha value is -3.69. The van der Waals surface area contributed by atoms with Gasteiger partial charge in [0.15, 0.2) is 6.10 Å². The Morgan fingerprint density at radius 2 is 1.56 bits per heavy atom. The van der Waals surface area contributed by atoms with Crippen molar-refractivity contribution in [3.8, 4) is 0 Å². The smallest absolute Gasteiger partial charge is 0.334 e. The average Bonchev–Trinajstić information content (AvgIpc) is 2.99. The number of aliphatic hydroxyl groups excluding tert-OH is 1. The summed E-state index contributed by atoms with van der Waals surface area (Å²) in [5.41, 5.74) is 4.20. The predicted molar refractivity (Wildman–Crippen MR) is 162 cm³/mol. The van der Waals surface area contributed by atoms with Gasteiger partial charge in [-0.2, -0.15) is 0 Å². The summed E-state index contributed by atoms with van der Waals surface area (Å²) in [5.74, 6) is -1.33. The summed E-state index contributed by atoms with van der Waals surface area (Å²) in [5, 5.41) is 23.7. The van der Waals surface area contributed by atoms with E-state index < -0.39 is 24.5 Å². The second-order valence-electron chi connectivity index (χ2n) is 10.5. The number of benzene rings is 3. The molecule has 3 amide bonds. The van der Waals surface area contributed by atoms with Gasteiger partial charge in [0.2, 0.25) is 0 Å². The lowest BCUT2D eigenvalue weighted by molar-refractivity contribution is -0.146. The summed E-state index contributed by atoms with van der Waals surface area (Å²) in [4.78, 5) is 38.5. The molecule has 3 aromatic rings. The van der Waals surface area contributed by atoms with Gasteiger partial charge >= 0.3 is 12.0 Å². The molecule has 0 heterocycles. The van der Waals surface area contributed by atoms with Crippen LogP contribution in [0, 0.1) is 0 Å². The third-order valence-electron chi connectivity index (χ3n) is 7.53. The lowest BCUT2D eigenvalue weighted by atomic mass is 9.84. The van der Waals surface area contributed by atoms with Crippen LogP contribution in [0.3, 0.4) is 0 Å². The van der Waals surface area contributed by atoms with Crippen LogP contribution in [0.15, 0.2) is 77.3 Å². The highest BCUT2D eigenvalue weighted by Crippen LogP contribution is 2.33. The van der Waals surface area contributed by atoms with Crippen LogP contribution in [0.1, 0.15) is 78.0 Å². The molecule has 4 rings (SSSR count). The first-order valence-corrected chi connectivity index (χ1v) is 14.7. The van der Waals surface area contributed by atoms with Crippen molar-refractivity contribution < 1.29 is 24.6 Å². The number of carboxylic acid groups (broad SMARTS) is 1. The maximum Gasteiger partial charge on any atom is 0.334 e. The molecule has 3 aromatic carbocycles. The average molecular weight is 623 g/mol. The monoisotopic (exact) mass is 621 g/mol. The van der Waals surface area contributed by atoms with E-state index in [4.69, 9.17) is 5.11 Å². The fraction of sp³-hybridized carbons (Fsp3) is 0.344. The zero-order valence-corrected chi connectivity index (χ0v) is 24.6. The molecule has 1 aliphatic rings. The number of carbonyl (C=O) groups is 3. The highest BCUT2D eigenvalue weighted by atomic mass is 79.9. The lowest BCUT2D eigenvalue weighted by Crippen LogP contribution is -2.40. The molecule has 41 heavy (non-hydrogen) atoms. The van der Waals surface area contributed by atoms with E-state index in [0.29, 0.717) is 11.5 Å². The summed E-state index contributed by atoms with van der Waals surface area (Å²) < 4.78 is 0.967. The number of nitrogens with zero attached hydrogens (tertiary/aromatic N) is 1. The second kappa shape index (κ2) is 14.3. The van der Waals surface area contributed by atoms with Crippen LogP contribution < -0.4 is 15.5 Å². The largest absolute Gasteiger partial charge is 0.479 e. The van der Waals surface area contributed by atoms with Crippen molar-refractivity contribution >= 4 is 39.5 Å². The molecule has 4 N–H and O–H groups in total. The summed E-state index contributed by atoms with van der Waals surface area (Å²) in [7, 11) is 0. The zero-order valence-electron chi connectivity index (χ0n) is 23.1. The van der Waals surface area contributed by atoms with E-state index in [1.165, 1.54) is 37.7 Å². The minimum absolute atomic E-state index is 0.216. The van der Waals surface area contributed by atoms with Crippen molar-refractivity contribution in [1.82, 2.24) is 10.6 Å². The lowest BCUT2D eigenvalue weighted by Gasteiger charge is -2.27. The van der Waals surface area contributed by atoms with Crippen LogP contribution in [0.4, 0.5) is 10.5 Å². The van der Waals surface area contributed by atoms with Crippen LogP contribution >= 0.6 is 15.9 Å². The number of halogens is 1. The number of amides is 3. The van der Waals surface area contributed by atoms with Crippen LogP contribution in [0.25, 0.3) is 0 Å². The van der Waals surface area contributed by atoms with E-state index >= 15 is 0 Å². The molecule has 9 heteroatoms. The molecule has 0 spiro atoms. The Bertz CT molecular complexity index is 1320. The van der Waals surface area contributed by atoms with E-state index in [0.717, 1.165) is 21.3 Å². The van der Waals surface area contributed by atoms with Crippen molar-refractivity contribution in [2.24, 2.45) is 0 Å². The first kappa shape index (κ1) is 30.3. The van der Waals surface area contributed by atoms with E-state index in [9.17, 15) is 19.5 Å². The molecule has 1 saturated carbocycles. The van der Waals surface area contributed by atoms with Crippen LogP contribution in [0.5, 0.6) is 0 Å². The number of aliphatic hydroxyl groups is 1. The Morgan fingerprint density at radius 3 is 2.17 bits per heavy atom. The SMILES string of the molecule is C[C@@H](NC(=O)N(Cc1ccc(C(=O)NC[C@@H](O)C(=O)O)cc1)c1ccc(C2CCCCC2)cc1)c1ccc(Br)cc1. The summed E-state index contributed by atoms with van der Waals surface area (Å²) >= 11 is 3.45. The van der Waals surface area contributed by atoms with Crippen LogP contribution in [0.2, 0.25) is 0 Å². The van der Waals surface area contributed by atoms with Gasteiger partial charge < -0.3 is 20.8 Å². The van der Waals surface area contributed by atoms with E-state index in [1.54, 1.807) is 29.2 Å². The Balaban J connectivity index is 1.50. The molecular weight excluding hydrogens is 586 g/mol. The molecule has 1 aliphatic carbocycles. The first-order valence-electron chi connectivity index (χ1n) is 13.9. The molecule has 0 radical (unpaired) electrons. The van der Waals surface area contributed by atoms with Gasteiger partial charge in [-0.3, -0.25) is 9.69 Å². The summed E-state index contributed by atoms with van der Waals surface area (Å²) in [6.07, 6.45) is 4.53. The van der Waals surface area contributed by atoms with E-state index in [2.05, 4.69) is 38.7 Å². The van der Waals surface area contributed by atoms with Crippen molar-refractivity contribution in [2.75, 3.05) is 11.4 Å². The number of carbonyl (C=O) groups excluding carboxylic acids is 2. The fourth-order valence-corrected chi connectivity index (χ4v) is 5.33. The minimum atomic E-state index is -1.67. The molecule has 1 fully saturated rings. The number of anilines is 1. The number of carboxylic acids is 1. The molecule has 0 aliphatic heterocycles. The van der Waals surface area contributed by atoms with Gasteiger partial charge in [0.05, 0.1) is 19.1 Å². The standard InChI is InChI=1S/C32H36BrN3O5/c1-21(23-11-15-27(33)16-12-23)35-32(41)36(28-17-13-25(14-18-28)24-5-3-2-4-6-24)20-22-7-9-26(10-8-22)30(38)34-19-29(37)31(39)40/h7-18,21,24,29,37H,2-6,19-20H2,1H3,(H,34,38)(H,35,41)(H,39,40)/t21-,29-/m1/s1. The van der Waals surface area contributed by atoms with Crippen molar-refractivity contribution in [3.05, 3.63) is 99.5 Å². The van der Waals surface area contributed by atoms with Gasteiger partial charge in [-0.05, 0) is 78.8 Å². The number of rotatable bonds is 10. The molecule has 8 nitrogen and oxygen atoms in total. The van der Waals surface area contributed by atoms with Crippen LogP contribution in [-0.4, -0.2) is 40.8 Å². The van der Waals surface area contributed by atoms with Gasteiger partial charge in [0.25, 0.3) is 5.91 Å². The minimum Gasteiger partial charge on any atom is -0.479 e. The molecule has 216 valence electrons. The number of hydrogen-bond acceptors (Lipinski definition) is 4. The quantitative estimate of drug-likeness (QED) is 0.216. The summed E-state index contributed by atoms with van der Waals surface area (Å²) in [6.45, 7) is 1.83. The van der Waals surface area contributed by atoms with Crippen molar-refractivity contribution in [3.63, 3.8) is 0 Å². The Morgan fingerprint density at radius 1 is 0.927 bits per heavy atom. The molecule has 0 unspecified atom stereocenters. The normalized spacial score (nSPS) is 15.0. The highest BCUT2D eigenvalue weighted by Gasteiger charge is 2.21. The van der Waals surface area contributed by atoms with Gasteiger partial charge in [-0.15, -0.1) is 0 Å². The van der Waals surface area contributed by atoms with Crippen molar-refractivity contribution in [2.45, 2.75) is 63.6 Å². The molecule has 0 bridgehead atoms. The third kappa shape index (κ3) is 8.41. The Labute approximate surface area is 248 Å². The second-order valence-corrected chi connectivity index (χ2v) is 11.4. The summed E-state index contributed by atoms with van der Waals surface area (Å²) in [6, 6.07) is 22.4. The zero-order chi connectivity index (χ0) is 29.4. The Kier molecular flexibility index (Phi) is 10.5. The number of nitrogens with one attached hydrogen (secondary N) is 2. The van der Waals surface area contributed by atoms with E-state index in [1.807, 2.05) is 43.3 Å². The van der Waals surface area contributed by atoms with Gasteiger partial charge in [0.1, 0.15) is 0 Å². The van der Waals surface area contributed by atoms with Gasteiger partial charge in [0, 0.05) is 15.7 Å². The highest BCUT2D eigenvalue weighted by molar-refractivity contribution is 9.10. The topological polar surface area (TPSA) is 119 Å². The third-order valence-corrected chi connectivity index (χ3v) is 8.06. The molecule has 2 atom stereocenters. The van der Waals surface area contributed by atoms with Crippen LogP contribution in [-0.2, 0) is 11.3 Å².